The number of halogens is 1. The van der Waals surface area contributed by atoms with Gasteiger partial charge in [0.2, 0.25) is 5.91 Å². The third kappa shape index (κ3) is 8.20. The number of hydrogen-bond donors (Lipinski definition) is 3. The Morgan fingerprint density at radius 2 is 2.00 bits per heavy atom. The predicted molar refractivity (Wildman–Crippen MR) is 60.0 cm³/mol. The first-order chi connectivity index (χ1) is 6.61. The topological polar surface area (TPSA) is 92.4 Å². The van der Waals surface area contributed by atoms with E-state index in [1.807, 2.05) is 0 Å². The monoisotopic (exact) mass is 238 g/mol. The summed E-state index contributed by atoms with van der Waals surface area (Å²) < 4.78 is 0. The highest BCUT2D eigenvalue weighted by Crippen LogP contribution is 2.00. The molecule has 4 N–H and O–H groups in total. The van der Waals surface area contributed by atoms with Gasteiger partial charge in [-0.05, 0) is 25.8 Å². The van der Waals surface area contributed by atoms with Crippen molar-refractivity contribution in [3.8, 4) is 0 Å². The molecule has 0 spiro atoms. The Balaban J connectivity index is 0. The molecule has 0 aromatic rings. The van der Waals surface area contributed by atoms with Crippen LogP contribution >= 0.6 is 12.4 Å². The minimum Gasteiger partial charge on any atom is -0.480 e. The van der Waals surface area contributed by atoms with Gasteiger partial charge in [-0.15, -0.1) is 12.4 Å². The molecule has 0 saturated carbocycles. The second-order valence-electron chi connectivity index (χ2n) is 3.10. The molecule has 0 aliphatic heterocycles. The number of unbranched alkanes of at least 4 members (excludes halogenated alkanes) is 1. The van der Waals surface area contributed by atoms with Crippen molar-refractivity contribution >= 4 is 24.3 Å². The molecule has 1 amide bonds. The maximum atomic E-state index is 11.0. The van der Waals surface area contributed by atoms with Gasteiger partial charge >= 0.3 is 5.97 Å². The molecule has 6 heteroatoms. The zero-order valence-electron chi connectivity index (χ0n) is 8.86. The quantitative estimate of drug-likeness (QED) is 0.564. The number of carbonyl (C=O) groups excluding carboxylic acids is 1. The van der Waals surface area contributed by atoms with Crippen molar-refractivity contribution in [1.29, 1.82) is 0 Å². The van der Waals surface area contributed by atoms with Crippen molar-refractivity contribution in [2.24, 2.45) is 5.73 Å². The van der Waals surface area contributed by atoms with Crippen molar-refractivity contribution in [2.75, 3.05) is 6.54 Å². The number of carboxylic acid groups (broad SMARTS) is 1. The van der Waals surface area contributed by atoms with Crippen LogP contribution in [0.4, 0.5) is 0 Å². The van der Waals surface area contributed by atoms with Crippen molar-refractivity contribution in [3.05, 3.63) is 0 Å². The minimum absolute atomic E-state index is 0. The van der Waals surface area contributed by atoms with E-state index in [4.69, 9.17) is 10.8 Å². The first-order valence-electron chi connectivity index (χ1n) is 4.84. The van der Waals surface area contributed by atoms with Gasteiger partial charge in [0.1, 0.15) is 6.04 Å². The summed E-state index contributed by atoms with van der Waals surface area (Å²) in [7, 11) is 0. The third-order valence-electron chi connectivity index (χ3n) is 1.90. The highest BCUT2D eigenvalue weighted by molar-refractivity contribution is 5.85. The predicted octanol–water partition coefficient (Wildman–Crippen LogP) is 0.517. The lowest BCUT2D eigenvalue weighted by Gasteiger charge is -2.13. The molecule has 90 valence electrons. The molecule has 0 bridgehead atoms. The normalized spacial score (nSPS) is 11.3. The van der Waals surface area contributed by atoms with E-state index in [1.165, 1.54) is 0 Å². The van der Waals surface area contributed by atoms with Crippen molar-refractivity contribution in [3.63, 3.8) is 0 Å². The first-order valence-corrected chi connectivity index (χ1v) is 4.84. The maximum Gasteiger partial charge on any atom is 0.326 e. The van der Waals surface area contributed by atoms with Crippen LogP contribution in [0.3, 0.4) is 0 Å². The van der Waals surface area contributed by atoms with Gasteiger partial charge in [-0.3, -0.25) is 4.79 Å². The SMILES string of the molecule is CCC(=O)NC(CCCCN)C(=O)O.Cl. The summed E-state index contributed by atoms with van der Waals surface area (Å²) in [6.07, 6.45) is 2.25. The highest BCUT2D eigenvalue weighted by Gasteiger charge is 2.17. The van der Waals surface area contributed by atoms with Crippen LogP contribution in [0, 0.1) is 0 Å². The molecule has 15 heavy (non-hydrogen) atoms. The number of aliphatic carboxylic acids is 1. The summed E-state index contributed by atoms with van der Waals surface area (Å²) in [6, 6.07) is -0.769. The van der Waals surface area contributed by atoms with E-state index in [-0.39, 0.29) is 18.3 Å². The molecular weight excluding hydrogens is 220 g/mol. The molecule has 0 aliphatic rings. The molecule has 0 aliphatic carbocycles. The van der Waals surface area contributed by atoms with E-state index in [0.29, 0.717) is 19.4 Å². The lowest BCUT2D eigenvalue weighted by Crippen LogP contribution is -2.40. The van der Waals surface area contributed by atoms with Gasteiger partial charge in [-0.2, -0.15) is 0 Å². The number of carboxylic acids is 1. The Labute approximate surface area is 95.8 Å². The van der Waals surface area contributed by atoms with E-state index in [0.717, 1.165) is 12.8 Å². The van der Waals surface area contributed by atoms with Gasteiger partial charge in [0, 0.05) is 6.42 Å². The van der Waals surface area contributed by atoms with Gasteiger partial charge in [-0.25, -0.2) is 4.79 Å². The third-order valence-corrected chi connectivity index (χ3v) is 1.90. The van der Waals surface area contributed by atoms with Crippen molar-refractivity contribution in [2.45, 2.75) is 38.6 Å². The largest absolute Gasteiger partial charge is 0.480 e. The molecule has 0 radical (unpaired) electrons. The maximum absolute atomic E-state index is 11.0. The molecule has 0 rings (SSSR count). The highest BCUT2D eigenvalue weighted by atomic mass is 35.5. The molecule has 0 saturated heterocycles. The zero-order valence-corrected chi connectivity index (χ0v) is 9.68. The van der Waals surface area contributed by atoms with Crippen LogP contribution in [0.2, 0.25) is 0 Å². The Bertz CT molecular complexity index is 200. The van der Waals surface area contributed by atoms with E-state index in [2.05, 4.69) is 5.32 Å². The summed E-state index contributed by atoms with van der Waals surface area (Å²) in [5, 5.41) is 11.2. The zero-order chi connectivity index (χ0) is 11.0. The van der Waals surface area contributed by atoms with E-state index in [9.17, 15) is 9.59 Å². The summed E-state index contributed by atoms with van der Waals surface area (Å²) >= 11 is 0. The lowest BCUT2D eigenvalue weighted by atomic mass is 10.1. The van der Waals surface area contributed by atoms with Crippen LogP contribution in [0.15, 0.2) is 0 Å². The minimum atomic E-state index is -0.983. The Kier molecular flexibility index (Phi) is 10.8. The average Bonchev–Trinajstić information content (AvgIpc) is 2.16. The van der Waals surface area contributed by atoms with E-state index in [1.54, 1.807) is 6.92 Å². The summed E-state index contributed by atoms with van der Waals surface area (Å²) in [5.41, 5.74) is 5.28. The number of amides is 1. The second kappa shape index (κ2) is 9.73. The summed E-state index contributed by atoms with van der Waals surface area (Å²) in [4.78, 5) is 21.7. The van der Waals surface area contributed by atoms with Crippen LogP contribution in [0.25, 0.3) is 0 Å². The molecule has 5 nitrogen and oxygen atoms in total. The van der Waals surface area contributed by atoms with Gasteiger partial charge in [0.25, 0.3) is 0 Å². The number of carbonyl (C=O) groups is 2. The van der Waals surface area contributed by atoms with Crippen LogP contribution in [0.5, 0.6) is 0 Å². The molecule has 1 atom stereocenters. The molecular formula is C9H19ClN2O3. The Morgan fingerprint density at radius 3 is 2.40 bits per heavy atom. The lowest BCUT2D eigenvalue weighted by molar-refractivity contribution is -0.142. The van der Waals surface area contributed by atoms with E-state index >= 15 is 0 Å². The van der Waals surface area contributed by atoms with Crippen LogP contribution in [-0.2, 0) is 9.59 Å². The average molecular weight is 239 g/mol. The van der Waals surface area contributed by atoms with Crippen LogP contribution < -0.4 is 11.1 Å². The number of hydrogen-bond acceptors (Lipinski definition) is 3. The van der Waals surface area contributed by atoms with Gasteiger partial charge in [-0.1, -0.05) is 6.92 Å². The Hall–Kier alpha value is -0.810. The Morgan fingerprint density at radius 1 is 1.40 bits per heavy atom. The van der Waals surface area contributed by atoms with Crippen LogP contribution in [0.1, 0.15) is 32.6 Å². The smallest absolute Gasteiger partial charge is 0.326 e. The standard InChI is InChI=1S/C9H18N2O3.ClH/c1-2-8(12)11-7(9(13)14)5-3-4-6-10;/h7H,2-6,10H2,1H3,(H,11,12)(H,13,14);1H. The molecule has 0 aromatic heterocycles. The fourth-order valence-electron chi connectivity index (χ4n) is 1.05. The summed E-state index contributed by atoms with van der Waals surface area (Å²) in [6.45, 7) is 2.24. The first kappa shape index (κ1) is 16.6. The second-order valence-corrected chi connectivity index (χ2v) is 3.10. The van der Waals surface area contributed by atoms with Crippen molar-refractivity contribution in [1.82, 2.24) is 5.32 Å². The van der Waals surface area contributed by atoms with Gasteiger partial charge < -0.3 is 16.2 Å². The van der Waals surface area contributed by atoms with Crippen molar-refractivity contribution < 1.29 is 14.7 Å². The fraction of sp³-hybridized carbons (Fsp3) is 0.778. The molecule has 0 aromatic carbocycles. The number of rotatable bonds is 7. The summed E-state index contributed by atoms with van der Waals surface area (Å²) in [5.74, 6) is -1.21. The fourth-order valence-corrected chi connectivity index (χ4v) is 1.05. The van der Waals surface area contributed by atoms with Gasteiger partial charge in [0.15, 0.2) is 0 Å². The van der Waals surface area contributed by atoms with Crippen LogP contribution in [-0.4, -0.2) is 29.6 Å². The number of nitrogens with one attached hydrogen (secondary N) is 1. The number of nitrogens with two attached hydrogens (primary N) is 1. The van der Waals surface area contributed by atoms with Gasteiger partial charge in [0.05, 0.1) is 0 Å². The molecule has 0 fully saturated rings. The molecule has 1 unspecified atom stereocenters. The van der Waals surface area contributed by atoms with E-state index < -0.39 is 12.0 Å². The molecule has 0 heterocycles.